The van der Waals surface area contributed by atoms with Crippen LogP contribution in [0, 0.1) is 0 Å². The van der Waals surface area contributed by atoms with Crippen LogP contribution in [0.15, 0.2) is 30.3 Å². The first-order valence-corrected chi connectivity index (χ1v) is 5.10. The third kappa shape index (κ3) is 5.01. The van der Waals surface area contributed by atoms with Crippen molar-refractivity contribution >= 4 is 15.9 Å². The maximum absolute atomic E-state index is 12.3. The van der Waals surface area contributed by atoms with E-state index in [2.05, 4.69) is 15.9 Å². The molecular formula is C10H12BrFO. The van der Waals surface area contributed by atoms with Gasteiger partial charge in [-0.3, -0.25) is 0 Å². The number of benzene rings is 1. The predicted octanol–water partition coefficient (Wildman–Crippen LogP) is 3.28. The van der Waals surface area contributed by atoms with Gasteiger partial charge in [0, 0.05) is 6.42 Å². The van der Waals surface area contributed by atoms with Crippen molar-refractivity contribution in [3.63, 3.8) is 0 Å². The molecule has 0 heterocycles. The molecule has 13 heavy (non-hydrogen) atoms. The van der Waals surface area contributed by atoms with Crippen LogP contribution in [0.2, 0.25) is 0 Å². The quantitative estimate of drug-likeness (QED) is 0.573. The van der Waals surface area contributed by atoms with E-state index in [1.807, 2.05) is 30.3 Å². The van der Waals surface area contributed by atoms with Gasteiger partial charge in [-0.25, -0.2) is 4.39 Å². The molecular weight excluding hydrogens is 235 g/mol. The molecule has 0 aromatic heterocycles. The van der Waals surface area contributed by atoms with Crippen molar-refractivity contribution in [2.24, 2.45) is 0 Å². The monoisotopic (exact) mass is 246 g/mol. The van der Waals surface area contributed by atoms with Crippen molar-refractivity contribution in [3.8, 4) is 0 Å². The SMILES string of the molecule is F[C@@H](Br)CCOCc1ccccc1. The van der Waals surface area contributed by atoms with Crippen LogP contribution in [0.3, 0.4) is 0 Å². The maximum Gasteiger partial charge on any atom is 0.157 e. The molecule has 1 aromatic carbocycles. The molecule has 0 aliphatic carbocycles. The van der Waals surface area contributed by atoms with Gasteiger partial charge in [0.05, 0.1) is 13.2 Å². The summed E-state index contributed by atoms with van der Waals surface area (Å²) in [5.41, 5.74) is 1.12. The Morgan fingerprint density at radius 2 is 2.00 bits per heavy atom. The fourth-order valence-corrected chi connectivity index (χ4v) is 1.12. The average Bonchev–Trinajstić information content (AvgIpc) is 2.14. The average molecular weight is 247 g/mol. The number of rotatable bonds is 5. The molecule has 0 bridgehead atoms. The van der Waals surface area contributed by atoms with Crippen molar-refractivity contribution in [1.29, 1.82) is 0 Å². The Morgan fingerprint density at radius 1 is 1.31 bits per heavy atom. The summed E-state index contributed by atoms with van der Waals surface area (Å²) >= 11 is 2.81. The lowest BCUT2D eigenvalue weighted by molar-refractivity contribution is 0.111. The Kier molecular flexibility index (Phi) is 5.01. The van der Waals surface area contributed by atoms with Crippen LogP contribution >= 0.6 is 15.9 Å². The van der Waals surface area contributed by atoms with Gasteiger partial charge in [0.15, 0.2) is 5.08 Å². The second kappa shape index (κ2) is 6.11. The Hall–Kier alpha value is -0.410. The Morgan fingerprint density at radius 3 is 2.62 bits per heavy atom. The Bertz CT molecular complexity index is 226. The smallest absolute Gasteiger partial charge is 0.157 e. The predicted molar refractivity (Wildman–Crippen MR) is 54.5 cm³/mol. The minimum absolute atomic E-state index is 0.396. The highest BCUT2D eigenvalue weighted by Gasteiger charge is 1.99. The van der Waals surface area contributed by atoms with Gasteiger partial charge in [-0.05, 0) is 5.56 Å². The second-order valence-electron chi connectivity index (χ2n) is 2.72. The second-order valence-corrected chi connectivity index (χ2v) is 3.71. The zero-order valence-corrected chi connectivity index (χ0v) is 8.84. The molecule has 3 heteroatoms. The van der Waals surface area contributed by atoms with E-state index in [1.54, 1.807) is 0 Å². The standard InChI is InChI=1S/C10H12BrFO/c11-10(12)6-7-13-8-9-4-2-1-3-5-9/h1-5,10H,6-8H2/t10-/m1/s1. The lowest BCUT2D eigenvalue weighted by atomic mass is 10.2. The van der Waals surface area contributed by atoms with E-state index in [0.717, 1.165) is 5.56 Å². The van der Waals surface area contributed by atoms with E-state index in [0.29, 0.717) is 19.6 Å². The molecule has 0 amide bonds. The first-order chi connectivity index (χ1) is 6.29. The van der Waals surface area contributed by atoms with Crippen molar-refractivity contribution in [3.05, 3.63) is 35.9 Å². The zero-order valence-electron chi connectivity index (χ0n) is 7.25. The molecule has 1 aromatic rings. The van der Waals surface area contributed by atoms with Crippen LogP contribution in [0.25, 0.3) is 0 Å². The number of alkyl halides is 2. The lowest BCUT2D eigenvalue weighted by Gasteiger charge is -2.03. The first kappa shape index (κ1) is 10.7. The molecule has 1 rings (SSSR count). The first-order valence-electron chi connectivity index (χ1n) is 4.19. The Labute approximate surface area is 86.0 Å². The summed E-state index contributed by atoms with van der Waals surface area (Å²) in [5.74, 6) is 0. The van der Waals surface area contributed by atoms with E-state index in [9.17, 15) is 4.39 Å². The number of hydrogen-bond acceptors (Lipinski definition) is 1. The van der Waals surface area contributed by atoms with Crippen LogP contribution in [0.1, 0.15) is 12.0 Å². The summed E-state index contributed by atoms with van der Waals surface area (Å²) in [4.78, 5) is 0. The van der Waals surface area contributed by atoms with E-state index in [1.165, 1.54) is 0 Å². The normalized spacial score (nSPS) is 12.8. The largest absolute Gasteiger partial charge is 0.377 e. The van der Waals surface area contributed by atoms with Gasteiger partial charge >= 0.3 is 0 Å². The van der Waals surface area contributed by atoms with E-state index >= 15 is 0 Å². The lowest BCUT2D eigenvalue weighted by Crippen LogP contribution is -1.99. The van der Waals surface area contributed by atoms with Gasteiger partial charge in [0.1, 0.15) is 0 Å². The van der Waals surface area contributed by atoms with E-state index < -0.39 is 5.08 Å². The molecule has 0 fully saturated rings. The topological polar surface area (TPSA) is 9.23 Å². The van der Waals surface area contributed by atoms with Crippen molar-refractivity contribution in [1.82, 2.24) is 0 Å². The molecule has 72 valence electrons. The highest BCUT2D eigenvalue weighted by Crippen LogP contribution is 2.07. The summed E-state index contributed by atoms with van der Waals surface area (Å²) in [6.07, 6.45) is 0.396. The molecule has 0 saturated carbocycles. The van der Waals surface area contributed by atoms with Crippen LogP contribution in [-0.2, 0) is 11.3 Å². The molecule has 0 saturated heterocycles. The number of hydrogen-bond donors (Lipinski definition) is 0. The van der Waals surface area contributed by atoms with Crippen LogP contribution < -0.4 is 0 Å². The highest BCUT2D eigenvalue weighted by atomic mass is 79.9. The van der Waals surface area contributed by atoms with Crippen LogP contribution in [-0.4, -0.2) is 11.7 Å². The molecule has 1 nitrogen and oxygen atoms in total. The molecule has 1 atom stereocenters. The molecule has 0 aliphatic heterocycles. The minimum atomic E-state index is -0.955. The van der Waals surface area contributed by atoms with Crippen molar-refractivity contribution in [2.75, 3.05) is 6.61 Å². The molecule has 0 radical (unpaired) electrons. The number of halogens is 2. The van der Waals surface area contributed by atoms with E-state index in [4.69, 9.17) is 4.74 Å². The molecule has 0 unspecified atom stereocenters. The third-order valence-corrected chi connectivity index (χ3v) is 2.05. The minimum Gasteiger partial charge on any atom is -0.377 e. The summed E-state index contributed by atoms with van der Waals surface area (Å²) in [6, 6.07) is 9.85. The van der Waals surface area contributed by atoms with Gasteiger partial charge in [0.2, 0.25) is 0 Å². The van der Waals surface area contributed by atoms with Gasteiger partial charge in [0.25, 0.3) is 0 Å². The highest BCUT2D eigenvalue weighted by molar-refractivity contribution is 9.09. The fourth-order valence-electron chi connectivity index (χ4n) is 0.937. The van der Waals surface area contributed by atoms with Crippen LogP contribution in [0.5, 0.6) is 0 Å². The third-order valence-electron chi connectivity index (χ3n) is 1.59. The fraction of sp³-hybridized carbons (Fsp3) is 0.400. The van der Waals surface area contributed by atoms with Gasteiger partial charge < -0.3 is 4.74 Å². The van der Waals surface area contributed by atoms with Gasteiger partial charge in [-0.1, -0.05) is 46.3 Å². The molecule has 0 aliphatic rings. The van der Waals surface area contributed by atoms with Gasteiger partial charge in [-0.2, -0.15) is 0 Å². The summed E-state index contributed by atoms with van der Waals surface area (Å²) in [5, 5.41) is -0.955. The summed E-state index contributed by atoms with van der Waals surface area (Å²) < 4.78 is 17.5. The molecule has 0 spiro atoms. The Balaban J connectivity index is 2.13. The zero-order chi connectivity index (χ0) is 9.52. The van der Waals surface area contributed by atoms with Crippen LogP contribution in [0.4, 0.5) is 4.39 Å². The molecule has 0 N–H and O–H groups in total. The van der Waals surface area contributed by atoms with Gasteiger partial charge in [-0.15, -0.1) is 0 Å². The van der Waals surface area contributed by atoms with Crippen molar-refractivity contribution in [2.45, 2.75) is 18.1 Å². The maximum atomic E-state index is 12.3. The number of ether oxygens (including phenoxy) is 1. The summed E-state index contributed by atoms with van der Waals surface area (Å²) in [6.45, 7) is 1.00. The summed E-state index contributed by atoms with van der Waals surface area (Å²) in [7, 11) is 0. The van der Waals surface area contributed by atoms with Crippen molar-refractivity contribution < 1.29 is 9.13 Å². The van der Waals surface area contributed by atoms with E-state index in [-0.39, 0.29) is 0 Å².